The van der Waals surface area contributed by atoms with E-state index < -0.39 is 5.91 Å². The fraction of sp³-hybridized carbons (Fsp3) is 0.217. The van der Waals surface area contributed by atoms with Crippen LogP contribution in [-0.4, -0.2) is 39.2 Å². The molecule has 8 heteroatoms. The summed E-state index contributed by atoms with van der Waals surface area (Å²) in [5, 5.41) is 3.73. The molecule has 3 aromatic rings. The van der Waals surface area contributed by atoms with Gasteiger partial charge in [0.2, 0.25) is 17.7 Å². The normalized spacial score (nSPS) is 11.0. The molecule has 0 bridgehead atoms. The largest absolute Gasteiger partial charge is 0.370 e. The first-order chi connectivity index (χ1) is 14.8. The van der Waals surface area contributed by atoms with Gasteiger partial charge < -0.3 is 20.5 Å². The number of para-hydroxylation sites is 1. The fourth-order valence-corrected chi connectivity index (χ4v) is 3.13. The second kappa shape index (κ2) is 9.71. The van der Waals surface area contributed by atoms with Crippen molar-refractivity contribution in [3.05, 3.63) is 66.0 Å². The Morgan fingerprint density at radius 2 is 1.94 bits per heavy atom. The molecule has 0 aliphatic carbocycles. The van der Waals surface area contributed by atoms with Crippen LogP contribution in [0, 0.1) is 0 Å². The lowest BCUT2D eigenvalue weighted by atomic mass is 10.2. The Labute approximate surface area is 180 Å². The molecule has 0 unspecified atom stereocenters. The Morgan fingerprint density at radius 1 is 1.16 bits per heavy atom. The third-order valence-electron chi connectivity index (χ3n) is 4.90. The van der Waals surface area contributed by atoms with Gasteiger partial charge in [0.25, 0.3) is 0 Å². The van der Waals surface area contributed by atoms with Crippen LogP contribution in [0.25, 0.3) is 17.0 Å². The summed E-state index contributed by atoms with van der Waals surface area (Å²) < 4.78 is 2.09. The maximum atomic E-state index is 12.5. The molecule has 0 aliphatic heterocycles. The van der Waals surface area contributed by atoms with Crippen molar-refractivity contribution < 1.29 is 14.4 Å². The Bertz CT molecular complexity index is 1130. The zero-order valence-electron chi connectivity index (χ0n) is 17.5. The smallest absolute Gasteiger partial charge is 0.246 e. The summed E-state index contributed by atoms with van der Waals surface area (Å²) in [5.41, 5.74) is 7.92. The number of hydrogen-bond donors (Lipinski definition) is 2. The van der Waals surface area contributed by atoms with Crippen molar-refractivity contribution in [3.63, 3.8) is 0 Å². The number of aryl methyl sites for hydroxylation is 1. The van der Waals surface area contributed by atoms with Crippen LogP contribution >= 0.6 is 0 Å². The maximum Gasteiger partial charge on any atom is 0.246 e. The van der Waals surface area contributed by atoms with Gasteiger partial charge in [-0.25, -0.2) is 4.98 Å². The molecule has 0 aliphatic rings. The van der Waals surface area contributed by atoms with Crippen LogP contribution in [0.5, 0.6) is 0 Å². The number of aromatic nitrogens is 2. The minimum atomic E-state index is -0.529. The molecule has 1 aromatic carbocycles. The van der Waals surface area contributed by atoms with E-state index in [0.717, 1.165) is 22.2 Å². The number of carbonyl (C=O) groups excluding carboxylic acids is 3. The van der Waals surface area contributed by atoms with Gasteiger partial charge in [0.1, 0.15) is 5.82 Å². The number of primary amides is 1. The first kappa shape index (κ1) is 21.8. The van der Waals surface area contributed by atoms with Crippen LogP contribution in [-0.2, 0) is 28.0 Å². The highest BCUT2D eigenvalue weighted by molar-refractivity contribution is 5.93. The van der Waals surface area contributed by atoms with Crippen molar-refractivity contribution in [1.29, 1.82) is 0 Å². The molecule has 31 heavy (non-hydrogen) atoms. The van der Waals surface area contributed by atoms with Gasteiger partial charge in [-0.3, -0.25) is 14.4 Å². The number of likely N-dealkylation sites (N-methyl/N-ethyl adjacent to an activating group) is 1. The number of nitrogens with zero attached hydrogens (tertiary/aromatic N) is 3. The number of anilines is 1. The fourth-order valence-electron chi connectivity index (χ4n) is 3.13. The number of nitrogens with two attached hydrogens (primary N) is 1. The molecule has 0 fully saturated rings. The minimum absolute atomic E-state index is 0.0101. The molecule has 2 aromatic heterocycles. The van der Waals surface area contributed by atoms with Crippen molar-refractivity contribution >= 4 is 40.5 Å². The third kappa shape index (κ3) is 5.79. The summed E-state index contributed by atoms with van der Waals surface area (Å²) in [6, 6.07) is 13.6. The van der Waals surface area contributed by atoms with Gasteiger partial charge in [0.05, 0.1) is 6.54 Å². The van der Waals surface area contributed by atoms with Gasteiger partial charge in [-0.1, -0.05) is 18.2 Å². The van der Waals surface area contributed by atoms with Crippen molar-refractivity contribution in [2.45, 2.75) is 19.4 Å². The van der Waals surface area contributed by atoms with Gasteiger partial charge in [-0.2, -0.15) is 0 Å². The first-order valence-corrected chi connectivity index (χ1v) is 9.84. The van der Waals surface area contributed by atoms with Crippen molar-refractivity contribution in [3.8, 4) is 0 Å². The van der Waals surface area contributed by atoms with E-state index in [1.807, 2.05) is 19.2 Å². The lowest BCUT2D eigenvalue weighted by Gasteiger charge is -2.15. The molecule has 0 radical (unpaired) electrons. The number of amides is 3. The van der Waals surface area contributed by atoms with E-state index in [1.54, 1.807) is 36.4 Å². The van der Waals surface area contributed by atoms with Gasteiger partial charge in [0, 0.05) is 50.4 Å². The number of rotatable bonds is 8. The van der Waals surface area contributed by atoms with E-state index in [0.29, 0.717) is 12.4 Å². The van der Waals surface area contributed by atoms with E-state index >= 15 is 0 Å². The zero-order valence-corrected chi connectivity index (χ0v) is 17.5. The molecule has 160 valence electrons. The monoisotopic (exact) mass is 419 g/mol. The predicted octanol–water partition coefficient (Wildman–Crippen LogP) is 2.45. The van der Waals surface area contributed by atoms with Crippen molar-refractivity contribution in [2.24, 2.45) is 12.8 Å². The average Bonchev–Trinajstić information content (AvgIpc) is 3.07. The molecule has 2 heterocycles. The summed E-state index contributed by atoms with van der Waals surface area (Å²) in [5.74, 6) is -0.627. The lowest BCUT2D eigenvalue weighted by molar-refractivity contribution is -0.125. The molecule has 3 amide bonds. The zero-order chi connectivity index (χ0) is 22.4. The van der Waals surface area contributed by atoms with Gasteiger partial charge in [-0.15, -0.1) is 0 Å². The molecule has 3 rings (SSSR count). The molecular weight excluding hydrogens is 394 g/mol. The second-order valence-electron chi connectivity index (χ2n) is 7.27. The number of fused-ring (bicyclic) bond motifs is 1. The van der Waals surface area contributed by atoms with Gasteiger partial charge in [0.15, 0.2) is 0 Å². The van der Waals surface area contributed by atoms with Crippen molar-refractivity contribution in [2.75, 3.05) is 12.4 Å². The second-order valence-corrected chi connectivity index (χ2v) is 7.27. The molecule has 0 atom stereocenters. The summed E-state index contributed by atoms with van der Waals surface area (Å²) in [6.45, 7) is 0.489. The minimum Gasteiger partial charge on any atom is -0.370 e. The molecule has 8 nitrogen and oxygen atoms in total. The van der Waals surface area contributed by atoms with E-state index in [-0.39, 0.29) is 24.7 Å². The van der Waals surface area contributed by atoms with Crippen LogP contribution in [0.15, 0.2) is 54.7 Å². The summed E-state index contributed by atoms with van der Waals surface area (Å²) in [6.07, 6.45) is 4.71. The SMILES string of the molecule is CN(Cc1cc2ccccc2n1C)C(=O)C=Cc1ccc(NC(=O)CCC(N)=O)nc1. The molecule has 0 saturated heterocycles. The highest BCUT2D eigenvalue weighted by Gasteiger charge is 2.11. The number of hydrogen-bond acceptors (Lipinski definition) is 4. The lowest BCUT2D eigenvalue weighted by Crippen LogP contribution is -2.25. The first-order valence-electron chi connectivity index (χ1n) is 9.84. The predicted molar refractivity (Wildman–Crippen MR) is 120 cm³/mol. The average molecular weight is 419 g/mol. The number of carbonyl (C=O) groups is 3. The summed E-state index contributed by atoms with van der Waals surface area (Å²) >= 11 is 0. The number of benzene rings is 1. The van der Waals surface area contributed by atoms with Gasteiger partial charge in [-0.05, 0) is 41.3 Å². The standard InChI is InChI=1S/C23H25N5O3/c1-27(15-18-13-17-5-3-4-6-19(17)28(18)2)23(31)12-8-16-7-10-21(25-14-16)26-22(30)11-9-20(24)29/h3-8,10,12-14H,9,11,15H2,1-2H3,(H2,24,29)(H,25,26,30). The third-order valence-corrected chi connectivity index (χ3v) is 4.90. The molecule has 0 spiro atoms. The van der Waals surface area contributed by atoms with Crippen LogP contribution in [0.1, 0.15) is 24.1 Å². The molecular formula is C23H25N5O3. The van der Waals surface area contributed by atoms with E-state index in [1.165, 1.54) is 6.08 Å². The summed E-state index contributed by atoms with van der Waals surface area (Å²) in [4.78, 5) is 40.7. The summed E-state index contributed by atoms with van der Waals surface area (Å²) in [7, 11) is 3.75. The Kier molecular flexibility index (Phi) is 6.81. The quantitative estimate of drug-likeness (QED) is 0.546. The Hall–Kier alpha value is -3.94. The van der Waals surface area contributed by atoms with Gasteiger partial charge >= 0.3 is 0 Å². The molecule has 3 N–H and O–H groups in total. The Morgan fingerprint density at radius 3 is 2.61 bits per heavy atom. The number of nitrogens with one attached hydrogen (secondary N) is 1. The topological polar surface area (TPSA) is 110 Å². The maximum absolute atomic E-state index is 12.5. The van der Waals surface area contributed by atoms with E-state index in [4.69, 9.17) is 5.73 Å². The molecule has 0 saturated carbocycles. The number of pyridine rings is 1. The highest BCUT2D eigenvalue weighted by atomic mass is 16.2. The van der Waals surface area contributed by atoms with E-state index in [2.05, 4.69) is 33.1 Å². The van der Waals surface area contributed by atoms with Crippen LogP contribution in [0.2, 0.25) is 0 Å². The van der Waals surface area contributed by atoms with Crippen molar-refractivity contribution in [1.82, 2.24) is 14.5 Å². The Balaban J connectivity index is 1.56. The van der Waals surface area contributed by atoms with E-state index in [9.17, 15) is 14.4 Å². The highest BCUT2D eigenvalue weighted by Crippen LogP contribution is 2.19. The van der Waals surface area contributed by atoms with Crippen LogP contribution < -0.4 is 11.1 Å². The van der Waals surface area contributed by atoms with Crippen LogP contribution in [0.3, 0.4) is 0 Å². The van der Waals surface area contributed by atoms with Crippen LogP contribution in [0.4, 0.5) is 5.82 Å².